The van der Waals surface area contributed by atoms with Crippen LogP contribution in [0.15, 0.2) is 48.5 Å². The highest BCUT2D eigenvalue weighted by Crippen LogP contribution is 2.28. The lowest BCUT2D eigenvalue weighted by Crippen LogP contribution is -2.53. The first-order valence-corrected chi connectivity index (χ1v) is 15.6. The summed E-state index contributed by atoms with van der Waals surface area (Å²) in [5.41, 5.74) is 1.82. The van der Waals surface area contributed by atoms with Gasteiger partial charge in [0.25, 0.3) is 5.91 Å². The number of benzene rings is 2. The summed E-state index contributed by atoms with van der Waals surface area (Å²) in [6, 6.07) is 13.6. The van der Waals surface area contributed by atoms with E-state index in [4.69, 9.17) is 9.84 Å². The number of hydrogen-bond acceptors (Lipinski definition) is 7. The van der Waals surface area contributed by atoms with Crippen LogP contribution in [-0.2, 0) is 16.0 Å². The highest BCUT2D eigenvalue weighted by atomic mass is 16.5. The maximum Gasteiger partial charge on any atom is 0.251 e. The molecule has 1 heterocycles. The second-order valence-corrected chi connectivity index (χ2v) is 11.6. The summed E-state index contributed by atoms with van der Waals surface area (Å²) in [4.78, 5) is 40.5. The molecule has 0 bridgehead atoms. The lowest BCUT2D eigenvalue weighted by molar-refractivity contribution is -0.123. The topological polar surface area (TPSA) is 140 Å². The van der Waals surface area contributed by atoms with Crippen molar-refractivity contribution in [2.75, 3.05) is 31.2 Å². The molecule has 3 amide bonds. The lowest BCUT2D eigenvalue weighted by atomic mass is 9.95. The molecular formula is C33H46N4O6. The maximum atomic E-state index is 13.6. The molecule has 0 unspecified atom stereocenters. The van der Waals surface area contributed by atoms with E-state index in [1.165, 1.54) is 6.42 Å². The number of anilines is 1. The molecule has 1 saturated heterocycles. The zero-order chi connectivity index (χ0) is 30.6. The molecule has 1 aliphatic heterocycles. The quantitative estimate of drug-likeness (QED) is 0.200. The van der Waals surface area contributed by atoms with Crippen molar-refractivity contribution < 1.29 is 29.3 Å². The zero-order valence-electron chi connectivity index (χ0n) is 25.1. The Hall–Kier alpha value is -3.47. The predicted molar refractivity (Wildman–Crippen MR) is 165 cm³/mol. The van der Waals surface area contributed by atoms with Gasteiger partial charge in [-0.15, -0.1) is 0 Å². The highest BCUT2D eigenvalue weighted by molar-refractivity contribution is 5.99. The molecule has 2 fully saturated rings. The third-order valence-corrected chi connectivity index (χ3v) is 8.17. The van der Waals surface area contributed by atoms with Gasteiger partial charge in [-0.05, 0) is 50.3 Å². The molecule has 1 aliphatic carbocycles. The van der Waals surface area contributed by atoms with Gasteiger partial charge in [0.05, 0.1) is 24.8 Å². The third kappa shape index (κ3) is 9.77. The summed E-state index contributed by atoms with van der Waals surface area (Å²) < 4.78 is 5.79. The van der Waals surface area contributed by atoms with Crippen LogP contribution in [0.3, 0.4) is 0 Å². The van der Waals surface area contributed by atoms with Gasteiger partial charge in [0, 0.05) is 55.9 Å². The van der Waals surface area contributed by atoms with Crippen molar-refractivity contribution in [1.82, 2.24) is 16.0 Å². The van der Waals surface area contributed by atoms with Gasteiger partial charge in [0.15, 0.2) is 0 Å². The second kappa shape index (κ2) is 16.4. The van der Waals surface area contributed by atoms with Crippen LogP contribution in [0.5, 0.6) is 5.75 Å². The van der Waals surface area contributed by atoms with Crippen LogP contribution in [0.4, 0.5) is 5.69 Å². The SMILES string of the molecule is C[C@H](NC[C@@H](O)[C@H](Cc1ccccc1)NC(=O)c1cc(OCCCO)cc(N2CCCC2=O)c1)C(=O)NC1CCCCC1. The molecule has 234 valence electrons. The molecular weight excluding hydrogens is 548 g/mol. The maximum absolute atomic E-state index is 13.6. The van der Waals surface area contributed by atoms with E-state index >= 15 is 0 Å². The molecule has 3 atom stereocenters. The van der Waals surface area contributed by atoms with Crippen LogP contribution in [0.1, 0.15) is 74.2 Å². The predicted octanol–water partition coefficient (Wildman–Crippen LogP) is 2.70. The fraction of sp³-hybridized carbons (Fsp3) is 0.545. The number of hydrogen-bond donors (Lipinski definition) is 5. The molecule has 2 aromatic rings. The number of aliphatic hydroxyl groups excluding tert-OH is 2. The summed E-state index contributed by atoms with van der Waals surface area (Å²) in [6.45, 7) is 2.69. The van der Waals surface area contributed by atoms with E-state index in [-0.39, 0.29) is 37.6 Å². The minimum atomic E-state index is -0.988. The molecule has 4 rings (SSSR count). The van der Waals surface area contributed by atoms with E-state index in [0.717, 1.165) is 37.7 Å². The van der Waals surface area contributed by atoms with Crippen LogP contribution in [0.25, 0.3) is 0 Å². The van der Waals surface area contributed by atoms with Gasteiger partial charge < -0.3 is 35.8 Å². The van der Waals surface area contributed by atoms with Gasteiger partial charge in [-0.1, -0.05) is 49.6 Å². The van der Waals surface area contributed by atoms with Crippen LogP contribution >= 0.6 is 0 Å². The Labute approximate surface area is 254 Å². The van der Waals surface area contributed by atoms with E-state index in [1.54, 1.807) is 30.0 Å². The average Bonchev–Trinajstić information content (AvgIpc) is 3.46. The number of rotatable bonds is 15. The van der Waals surface area contributed by atoms with E-state index in [2.05, 4.69) is 16.0 Å². The zero-order valence-corrected chi connectivity index (χ0v) is 25.1. The minimum absolute atomic E-state index is 0.0102. The summed E-state index contributed by atoms with van der Waals surface area (Å²) in [5.74, 6) is -0.0901. The smallest absolute Gasteiger partial charge is 0.251 e. The Morgan fingerprint density at radius 1 is 1.07 bits per heavy atom. The molecule has 2 aromatic carbocycles. The molecule has 10 nitrogen and oxygen atoms in total. The van der Waals surface area contributed by atoms with Crippen molar-refractivity contribution >= 4 is 23.4 Å². The monoisotopic (exact) mass is 594 g/mol. The number of aliphatic hydroxyl groups is 2. The van der Waals surface area contributed by atoms with Crippen LogP contribution in [-0.4, -0.2) is 78.5 Å². The molecule has 0 radical (unpaired) electrons. The van der Waals surface area contributed by atoms with Crippen LogP contribution < -0.4 is 25.6 Å². The fourth-order valence-corrected chi connectivity index (χ4v) is 5.64. The van der Waals surface area contributed by atoms with Crippen molar-refractivity contribution in [3.63, 3.8) is 0 Å². The van der Waals surface area contributed by atoms with E-state index in [0.29, 0.717) is 42.8 Å². The van der Waals surface area contributed by atoms with Gasteiger partial charge in [-0.3, -0.25) is 14.4 Å². The first-order valence-electron chi connectivity index (χ1n) is 15.6. The van der Waals surface area contributed by atoms with Gasteiger partial charge in [0.1, 0.15) is 5.75 Å². The first kappa shape index (κ1) is 32.4. The molecule has 0 aromatic heterocycles. The third-order valence-electron chi connectivity index (χ3n) is 8.17. The number of ether oxygens (including phenoxy) is 1. The molecule has 2 aliphatic rings. The van der Waals surface area contributed by atoms with Gasteiger partial charge >= 0.3 is 0 Å². The van der Waals surface area contributed by atoms with Gasteiger partial charge in [-0.25, -0.2) is 0 Å². The molecule has 43 heavy (non-hydrogen) atoms. The summed E-state index contributed by atoms with van der Waals surface area (Å²) in [5, 5.41) is 29.7. The number of carbonyl (C=O) groups is 3. The Balaban J connectivity index is 1.46. The van der Waals surface area contributed by atoms with E-state index in [9.17, 15) is 19.5 Å². The average molecular weight is 595 g/mol. The highest BCUT2D eigenvalue weighted by Gasteiger charge is 2.27. The fourth-order valence-electron chi connectivity index (χ4n) is 5.64. The van der Waals surface area contributed by atoms with E-state index < -0.39 is 24.1 Å². The van der Waals surface area contributed by atoms with Crippen molar-refractivity contribution in [1.29, 1.82) is 0 Å². The van der Waals surface area contributed by atoms with Crippen LogP contribution in [0.2, 0.25) is 0 Å². The summed E-state index contributed by atoms with van der Waals surface area (Å²) >= 11 is 0. The van der Waals surface area contributed by atoms with Crippen molar-refractivity contribution in [3.05, 3.63) is 59.7 Å². The summed E-state index contributed by atoms with van der Waals surface area (Å²) in [7, 11) is 0. The normalized spacial score (nSPS) is 17.7. The van der Waals surface area contributed by atoms with Crippen molar-refractivity contribution in [3.8, 4) is 5.75 Å². The van der Waals surface area contributed by atoms with Gasteiger partial charge in [-0.2, -0.15) is 0 Å². The Bertz CT molecular complexity index is 1200. The second-order valence-electron chi connectivity index (χ2n) is 11.6. The largest absolute Gasteiger partial charge is 0.493 e. The number of nitrogens with zero attached hydrogens (tertiary/aromatic N) is 1. The van der Waals surface area contributed by atoms with Crippen molar-refractivity contribution in [2.45, 2.75) is 88.9 Å². The lowest BCUT2D eigenvalue weighted by Gasteiger charge is -2.28. The van der Waals surface area contributed by atoms with Gasteiger partial charge in [0.2, 0.25) is 11.8 Å². The standard InChI is InChI=1S/C33H46N4O6/c1-23(32(41)35-26-12-6-3-7-13-26)34-22-30(39)29(18-24-10-4-2-5-11-24)36-33(42)25-19-27(37-15-8-14-31(37)40)21-28(20-25)43-17-9-16-38/h2,4-5,10-11,19-21,23,26,29-30,34,38-39H,3,6-9,12-18,22H2,1H3,(H,35,41)(H,36,42)/t23-,29-,30+/m0/s1. The molecule has 5 N–H and O–H groups in total. The number of carbonyl (C=O) groups excluding carboxylic acids is 3. The molecule has 1 saturated carbocycles. The summed E-state index contributed by atoms with van der Waals surface area (Å²) in [6.07, 6.45) is 6.46. The Kier molecular flexibility index (Phi) is 12.4. The Morgan fingerprint density at radius 3 is 2.53 bits per heavy atom. The van der Waals surface area contributed by atoms with Crippen molar-refractivity contribution in [2.24, 2.45) is 0 Å². The Morgan fingerprint density at radius 2 is 1.84 bits per heavy atom. The molecule has 10 heteroatoms. The van der Waals surface area contributed by atoms with Crippen LogP contribution in [0, 0.1) is 0 Å². The minimum Gasteiger partial charge on any atom is -0.493 e. The molecule has 0 spiro atoms. The number of nitrogens with one attached hydrogen (secondary N) is 3. The van der Waals surface area contributed by atoms with E-state index in [1.807, 2.05) is 30.3 Å². The first-order chi connectivity index (χ1) is 20.8. The number of amides is 3.